The first-order chi connectivity index (χ1) is 10.3. The highest BCUT2D eigenvalue weighted by Crippen LogP contribution is 2.17. The Morgan fingerprint density at radius 1 is 1.43 bits per heavy atom. The van der Waals surface area contributed by atoms with E-state index >= 15 is 0 Å². The van der Waals surface area contributed by atoms with Crippen molar-refractivity contribution in [1.29, 1.82) is 0 Å². The van der Waals surface area contributed by atoms with E-state index in [2.05, 4.69) is 46.4 Å². The van der Waals surface area contributed by atoms with Gasteiger partial charge in [0.1, 0.15) is 0 Å². The Kier molecular flexibility index (Phi) is 6.89. The van der Waals surface area contributed by atoms with Crippen LogP contribution in [0.15, 0.2) is 40.2 Å². The molecule has 1 aliphatic heterocycles. The van der Waals surface area contributed by atoms with E-state index in [1.807, 2.05) is 17.8 Å². The Hall–Kier alpha value is -1.20. The molecule has 5 heteroatoms. The number of β-amino-alcohol motifs (C(OH)–C–C–N with tert-alkyl or cyclic N) is 1. The second-order valence-corrected chi connectivity index (χ2v) is 6.31. The van der Waals surface area contributed by atoms with E-state index in [1.54, 1.807) is 0 Å². The Morgan fingerprint density at radius 3 is 2.90 bits per heavy atom. The maximum atomic E-state index is 9.62. The normalized spacial score (nSPS) is 19.0. The zero-order valence-electron chi connectivity index (χ0n) is 12.7. The molecule has 0 saturated carbocycles. The summed E-state index contributed by atoms with van der Waals surface area (Å²) < 4.78 is 0. The first-order valence-electron chi connectivity index (χ1n) is 7.68. The molecule has 0 amide bonds. The number of thioether (sulfide) groups is 1. The lowest BCUT2D eigenvalue weighted by Gasteiger charge is -2.20. The summed E-state index contributed by atoms with van der Waals surface area (Å²) in [7, 11) is 0. The molecule has 1 aliphatic rings. The van der Waals surface area contributed by atoms with Crippen molar-refractivity contribution in [2.45, 2.75) is 30.8 Å². The van der Waals surface area contributed by atoms with Crippen molar-refractivity contribution in [1.82, 2.24) is 10.2 Å². The zero-order valence-corrected chi connectivity index (χ0v) is 13.5. The third-order valence-corrected chi connectivity index (χ3v) is 4.47. The van der Waals surface area contributed by atoms with Gasteiger partial charge in [0.25, 0.3) is 0 Å². The Balaban J connectivity index is 1.72. The Morgan fingerprint density at radius 2 is 2.24 bits per heavy atom. The molecular formula is C16H25N3OS. The van der Waals surface area contributed by atoms with Gasteiger partial charge in [0.2, 0.25) is 0 Å². The van der Waals surface area contributed by atoms with Crippen LogP contribution in [-0.4, -0.2) is 54.0 Å². The van der Waals surface area contributed by atoms with Crippen molar-refractivity contribution < 1.29 is 5.11 Å². The van der Waals surface area contributed by atoms with Crippen LogP contribution in [0.1, 0.15) is 19.8 Å². The van der Waals surface area contributed by atoms with Crippen LogP contribution in [0.3, 0.4) is 0 Å². The fourth-order valence-electron chi connectivity index (χ4n) is 2.32. The fourth-order valence-corrected chi connectivity index (χ4v) is 3.17. The molecule has 0 unspecified atom stereocenters. The number of likely N-dealkylation sites (tertiary alicyclic amines) is 1. The van der Waals surface area contributed by atoms with Gasteiger partial charge >= 0.3 is 0 Å². The molecule has 0 bridgehead atoms. The molecule has 1 heterocycles. The van der Waals surface area contributed by atoms with Crippen molar-refractivity contribution >= 4 is 17.7 Å². The summed E-state index contributed by atoms with van der Waals surface area (Å²) >= 11 is 1.87. The van der Waals surface area contributed by atoms with Crippen LogP contribution in [0.2, 0.25) is 0 Å². The lowest BCUT2D eigenvalue weighted by atomic mass is 10.3. The molecule has 2 N–H and O–H groups in total. The highest BCUT2D eigenvalue weighted by molar-refractivity contribution is 7.99. The van der Waals surface area contributed by atoms with Crippen LogP contribution in [0.25, 0.3) is 0 Å². The largest absolute Gasteiger partial charge is 0.391 e. The molecule has 1 aromatic carbocycles. The fraction of sp³-hybridized carbons (Fsp3) is 0.562. The van der Waals surface area contributed by atoms with E-state index in [0.29, 0.717) is 6.54 Å². The quantitative estimate of drug-likeness (QED) is 0.366. The van der Waals surface area contributed by atoms with Crippen molar-refractivity contribution in [3.05, 3.63) is 30.3 Å². The first kappa shape index (κ1) is 16.2. The molecule has 1 aromatic rings. The summed E-state index contributed by atoms with van der Waals surface area (Å²) in [5.74, 6) is 2.02. The standard InChI is InChI=1S/C16H25N3OS/c1-2-17-16(19-11-9-14(20)13-19)18-10-6-12-21-15-7-4-3-5-8-15/h3-5,7-8,14,20H,2,6,9-13H2,1H3,(H,17,18)/t14-/m1/s1. The molecule has 1 atom stereocenters. The predicted molar refractivity (Wildman–Crippen MR) is 90.0 cm³/mol. The lowest BCUT2D eigenvalue weighted by molar-refractivity contribution is 0.188. The molecule has 21 heavy (non-hydrogen) atoms. The third-order valence-electron chi connectivity index (χ3n) is 3.37. The van der Waals surface area contributed by atoms with Crippen LogP contribution in [0.5, 0.6) is 0 Å². The molecule has 0 radical (unpaired) electrons. The van der Waals surface area contributed by atoms with Crippen molar-refractivity contribution in [2.24, 2.45) is 4.99 Å². The number of hydrogen-bond acceptors (Lipinski definition) is 3. The van der Waals surface area contributed by atoms with Gasteiger partial charge in [-0.15, -0.1) is 11.8 Å². The van der Waals surface area contributed by atoms with E-state index in [4.69, 9.17) is 0 Å². The van der Waals surface area contributed by atoms with Gasteiger partial charge in [-0.1, -0.05) is 18.2 Å². The second-order valence-electron chi connectivity index (χ2n) is 5.14. The summed E-state index contributed by atoms with van der Waals surface area (Å²) in [4.78, 5) is 8.14. The van der Waals surface area contributed by atoms with E-state index in [-0.39, 0.29) is 6.10 Å². The smallest absolute Gasteiger partial charge is 0.194 e. The number of benzene rings is 1. The van der Waals surface area contributed by atoms with Crippen LogP contribution in [0.4, 0.5) is 0 Å². The molecule has 4 nitrogen and oxygen atoms in total. The highest BCUT2D eigenvalue weighted by atomic mass is 32.2. The maximum absolute atomic E-state index is 9.62. The van der Waals surface area contributed by atoms with Crippen molar-refractivity contribution in [3.63, 3.8) is 0 Å². The zero-order chi connectivity index (χ0) is 14.9. The number of hydrogen-bond donors (Lipinski definition) is 2. The summed E-state index contributed by atoms with van der Waals surface area (Å²) in [5.41, 5.74) is 0. The van der Waals surface area contributed by atoms with Gasteiger partial charge in [-0.05, 0) is 37.7 Å². The Bertz CT molecular complexity index is 438. The molecule has 1 saturated heterocycles. The molecular weight excluding hydrogens is 282 g/mol. The second kappa shape index (κ2) is 8.95. The van der Waals surface area contributed by atoms with E-state index in [9.17, 15) is 5.11 Å². The van der Waals surface area contributed by atoms with E-state index in [0.717, 1.165) is 44.2 Å². The number of aliphatic hydroxyl groups is 1. The molecule has 0 spiro atoms. The molecule has 2 rings (SSSR count). The molecule has 1 fully saturated rings. The SMILES string of the molecule is CCNC(=NCCCSc1ccccc1)N1CC[C@@H](O)C1. The van der Waals surface area contributed by atoms with Gasteiger partial charge in [0.15, 0.2) is 5.96 Å². The summed E-state index contributed by atoms with van der Waals surface area (Å²) in [5, 5.41) is 12.9. The van der Waals surface area contributed by atoms with Gasteiger partial charge in [-0.25, -0.2) is 0 Å². The number of guanidine groups is 1. The number of rotatable bonds is 6. The summed E-state index contributed by atoms with van der Waals surface area (Å²) in [6.07, 6.45) is 1.70. The molecule has 0 aromatic heterocycles. The number of nitrogens with one attached hydrogen (secondary N) is 1. The van der Waals surface area contributed by atoms with Gasteiger partial charge in [0, 0.05) is 31.1 Å². The van der Waals surface area contributed by atoms with Crippen molar-refractivity contribution in [3.8, 4) is 0 Å². The van der Waals surface area contributed by atoms with Crippen molar-refractivity contribution in [2.75, 3.05) is 31.9 Å². The highest BCUT2D eigenvalue weighted by Gasteiger charge is 2.22. The first-order valence-corrected chi connectivity index (χ1v) is 8.67. The average molecular weight is 307 g/mol. The maximum Gasteiger partial charge on any atom is 0.194 e. The summed E-state index contributed by atoms with van der Waals surface area (Å²) in [6, 6.07) is 10.5. The predicted octanol–water partition coefficient (Wildman–Crippen LogP) is 2.20. The minimum Gasteiger partial charge on any atom is -0.391 e. The minimum atomic E-state index is -0.206. The lowest BCUT2D eigenvalue weighted by Crippen LogP contribution is -2.40. The monoisotopic (exact) mass is 307 g/mol. The van der Waals surface area contributed by atoms with E-state index in [1.165, 1.54) is 4.90 Å². The number of aliphatic hydroxyl groups excluding tert-OH is 1. The third kappa shape index (κ3) is 5.59. The van der Waals surface area contributed by atoms with Gasteiger partial charge in [0.05, 0.1) is 6.10 Å². The van der Waals surface area contributed by atoms with Gasteiger partial charge in [-0.2, -0.15) is 0 Å². The topological polar surface area (TPSA) is 47.9 Å². The van der Waals surface area contributed by atoms with Crippen LogP contribution < -0.4 is 5.32 Å². The van der Waals surface area contributed by atoms with Crippen LogP contribution in [0, 0.1) is 0 Å². The minimum absolute atomic E-state index is 0.206. The van der Waals surface area contributed by atoms with E-state index < -0.39 is 0 Å². The molecule has 116 valence electrons. The molecule has 0 aliphatic carbocycles. The van der Waals surface area contributed by atoms with Gasteiger partial charge < -0.3 is 15.3 Å². The number of aliphatic imine (C=N–C) groups is 1. The van der Waals surface area contributed by atoms with Crippen LogP contribution >= 0.6 is 11.8 Å². The van der Waals surface area contributed by atoms with Crippen LogP contribution in [-0.2, 0) is 0 Å². The number of nitrogens with zero attached hydrogens (tertiary/aromatic N) is 2. The summed E-state index contributed by atoms with van der Waals surface area (Å²) in [6.45, 7) is 5.36. The van der Waals surface area contributed by atoms with Gasteiger partial charge in [-0.3, -0.25) is 4.99 Å². The Labute approximate surface area is 131 Å². The average Bonchev–Trinajstić information content (AvgIpc) is 2.93.